The maximum Gasteiger partial charge on any atom is 0.303 e. The Balaban J connectivity index is 2.45. The van der Waals surface area contributed by atoms with E-state index in [0.717, 1.165) is 19.3 Å². The molecule has 0 N–H and O–H groups in total. The molecule has 0 aromatic heterocycles. The van der Waals surface area contributed by atoms with E-state index in [-0.39, 0.29) is 12.1 Å². The molecule has 1 aliphatic rings. The molecule has 1 rings (SSSR count). The molecule has 2 heteroatoms. The van der Waals surface area contributed by atoms with Crippen LogP contribution in [0.4, 0.5) is 0 Å². The van der Waals surface area contributed by atoms with Crippen LogP contribution >= 0.6 is 0 Å². The maximum absolute atomic E-state index is 10.6. The van der Waals surface area contributed by atoms with Gasteiger partial charge in [-0.25, -0.2) is 0 Å². The molecule has 1 atom stereocenters. The van der Waals surface area contributed by atoms with E-state index in [2.05, 4.69) is 6.08 Å². The summed E-state index contributed by atoms with van der Waals surface area (Å²) in [6.07, 6.45) is 11.0. The molecule has 0 radical (unpaired) electrons. The van der Waals surface area contributed by atoms with Crippen molar-refractivity contribution in [2.24, 2.45) is 0 Å². The fourth-order valence-corrected chi connectivity index (χ4v) is 1.21. The molecule has 0 amide bonds. The van der Waals surface area contributed by atoms with Gasteiger partial charge in [-0.05, 0) is 25.3 Å². The third-order valence-corrected chi connectivity index (χ3v) is 1.75. The molecule has 0 bridgehead atoms. The average Bonchev–Trinajstić information content (AvgIpc) is 1.93. The van der Waals surface area contributed by atoms with Crippen molar-refractivity contribution < 1.29 is 9.53 Å². The van der Waals surface area contributed by atoms with Crippen LogP contribution < -0.4 is 0 Å². The van der Waals surface area contributed by atoms with Crippen LogP contribution in [0.15, 0.2) is 24.3 Å². The Labute approximate surface area is 72.9 Å². The SMILES string of the molecule is CC(=O)OC1/C=C\C=C/CCC1. The largest absolute Gasteiger partial charge is 0.458 e. The van der Waals surface area contributed by atoms with Gasteiger partial charge in [-0.2, -0.15) is 0 Å². The van der Waals surface area contributed by atoms with E-state index in [9.17, 15) is 4.79 Å². The number of esters is 1. The molecule has 2 nitrogen and oxygen atoms in total. The summed E-state index contributed by atoms with van der Waals surface area (Å²) in [6, 6.07) is 0. The molecule has 0 aliphatic heterocycles. The van der Waals surface area contributed by atoms with Gasteiger partial charge in [0.2, 0.25) is 0 Å². The fraction of sp³-hybridized carbons (Fsp3) is 0.500. The van der Waals surface area contributed by atoms with Gasteiger partial charge in [-0.1, -0.05) is 18.2 Å². The van der Waals surface area contributed by atoms with Gasteiger partial charge in [0.25, 0.3) is 0 Å². The van der Waals surface area contributed by atoms with E-state index in [1.807, 2.05) is 18.2 Å². The first-order chi connectivity index (χ1) is 5.79. The smallest absolute Gasteiger partial charge is 0.303 e. The summed E-state index contributed by atoms with van der Waals surface area (Å²) in [5.74, 6) is -0.200. The van der Waals surface area contributed by atoms with Gasteiger partial charge in [-0.15, -0.1) is 0 Å². The molecule has 0 fully saturated rings. The van der Waals surface area contributed by atoms with Gasteiger partial charge in [0.05, 0.1) is 0 Å². The van der Waals surface area contributed by atoms with Crippen LogP contribution in [0.1, 0.15) is 26.2 Å². The van der Waals surface area contributed by atoms with Crippen molar-refractivity contribution in [3.63, 3.8) is 0 Å². The van der Waals surface area contributed by atoms with Gasteiger partial charge in [0.1, 0.15) is 6.10 Å². The Morgan fingerprint density at radius 3 is 3.08 bits per heavy atom. The van der Waals surface area contributed by atoms with E-state index in [0.29, 0.717) is 0 Å². The molecule has 0 saturated carbocycles. The molecular formula is C10H14O2. The first-order valence-corrected chi connectivity index (χ1v) is 4.29. The highest BCUT2D eigenvalue weighted by Crippen LogP contribution is 2.10. The Kier molecular flexibility index (Phi) is 3.58. The topological polar surface area (TPSA) is 26.3 Å². The zero-order valence-electron chi connectivity index (χ0n) is 7.32. The van der Waals surface area contributed by atoms with Crippen LogP contribution in [0.25, 0.3) is 0 Å². The van der Waals surface area contributed by atoms with Crippen molar-refractivity contribution in [3.8, 4) is 0 Å². The van der Waals surface area contributed by atoms with Crippen molar-refractivity contribution in [2.45, 2.75) is 32.3 Å². The molecular weight excluding hydrogens is 152 g/mol. The van der Waals surface area contributed by atoms with Gasteiger partial charge < -0.3 is 4.74 Å². The van der Waals surface area contributed by atoms with Crippen molar-refractivity contribution >= 4 is 5.97 Å². The molecule has 0 aromatic carbocycles. The zero-order valence-corrected chi connectivity index (χ0v) is 7.32. The number of carbonyl (C=O) groups is 1. The van der Waals surface area contributed by atoms with E-state index in [1.165, 1.54) is 6.92 Å². The highest BCUT2D eigenvalue weighted by Gasteiger charge is 2.07. The van der Waals surface area contributed by atoms with Gasteiger partial charge >= 0.3 is 5.97 Å². The second-order valence-corrected chi connectivity index (χ2v) is 2.89. The zero-order chi connectivity index (χ0) is 8.81. The van der Waals surface area contributed by atoms with E-state index < -0.39 is 0 Å². The quantitative estimate of drug-likeness (QED) is 0.558. The Morgan fingerprint density at radius 2 is 2.33 bits per heavy atom. The van der Waals surface area contributed by atoms with Crippen LogP contribution in [0.2, 0.25) is 0 Å². The minimum Gasteiger partial charge on any atom is -0.458 e. The first kappa shape index (κ1) is 9.04. The predicted molar refractivity (Wildman–Crippen MR) is 47.7 cm³/mol. The summed E-state index contributed by atoms with van der Waals surface area (Å²) in [4.78, 5) is 10.6. The number of carbonyl (C=O) groups excluding carboxylic acids is 1. The van der Waals surface area contributed by atoms with Crippen LogP contribution in [-0.4, -0.2) is 12.1 Å². The first-order valence-electron chi connectivity index (χ1n) is 4.29. The minimum atomic E-state index is -0.200. The van der Waals surface area contributed by atoms with Crippen molar-refractivity contribution in [3.05, 3.63) is 24.3 Å². The molecule has 0 spiro atoms. The predicted octanol–water partition coefficient (Wildman–Crippen LogP) is 2.21. The molecule has 0 heterocycles. The number of rotatable bonds is 1. The standard InChI is InChI=1S/C10H14O2/c1-9(11)12-10-7-5-3-2-4-6-8-10/h2-3,5,7,10H,4,6,8H2,1H3/b3-2-,7-5-. The van der Waals surface area contributed by atoms with Crippen LogP contribution in [-0.2, 0) is 9.53 Å². The molecule has 1 aliphatic carbocycles. The third kappa shape index (κ3) is 3.37. The maximum atomic E-state index is 10.6. The summed E-state index contributed by atoms with van der Waals surface area (Å²) in [6.45, 7) is 1.45. The highest BCUT2D eigenvalue weighted by molar-refractivity contribution is 5.66. The van der Waals surface area contributed by atoms with Crippen LogP contribution in [0.3, 0.4) is 0 Å². The Bertz CT molecular complexity index is 204. The van der Waals surface area contributed by atoms with Crippen LogP contribution in [0, 0.1) is 0 Å². The fourth-order valence-electron chi connectivity index (χ4n) is 1.21. The third-order valence-electron chi connectivity index (χ3n) is 1.75. The number of hydrogen-bond acceptors (Lipinski definition) is 2. The number of ether oxygens (including phenoxy) is 1. The van der Waals surface area contributed by atoms with Gasteiger partial charge in [0.15, 0.2) is 0 Å². The normalized spacial score (nSPS) is 28.2. The second-order valence-electron chi connectivity index (χ2n) is 2.89. The molecule has 1 unspecified atom stereocenters. The Hall–Kier alpha value is -1.05. The monoisotopic (exact) mass is 166 g/mol. The van der Waals surface area contributed by atoms with Gasteiger partial charge in [0, 0.05) is 6.92 Å². The molecule has 0 aromatic rings. The molecule has 12 heavy (non-hydrogen) atoms. The van der Waals surface area contributed by atoms with E-state index in [4.69, 9.17) is 4.74 Å². The van der Waals surface area contributed by atoms with Crippen molar-refractivity contribution in [2.75, 3.05) is 0 Å². The summed E-state index contributed by atoms with van der Waals surface area (Å²) in [5, 5.41) is 0. The summed E-state index contributed by atoms with van der Waals surface area (Å²) in [7, 11) is 0. The van der Waals surface area contributed by atoms with Gasteiger partial charge in [-0.3, -0.25) is 4.79 Å². The molecule has 0 saturated heterocycles. The molecule has 66 valence electrons. The summed E-state index contributed by atoms with van der Waals surface area (Å²) < 4.78 is 5.07. The second kappa shape index (κ2) is 4.75. The minimum absolute atomic E-state index is 0.0209. The number of allylic oxidation sites excluding steroid dienone is 3. The Morgan fingerprint density at radius 1 is 1.50 bits per heavy atom. The van der Waals surface area contributed by atoms with Crippen LogP contribution in [0.5, 0.6) is 0 Å². The van der Waals surface area contributed by atoms with E-state index in [1.54, 1.807) is 0 Å². The van der Waals surface area contributed by atoms with Crippen molar-refractivity contribution in [1.29, 1.82) is 0 Å². The summed E-state index contributed by atoms with van der Waals surface area (Å²) in [5.41, 5.74) is 0. The van der Waals surface area contributed by atoms with Crippen molar-refractivity contribution in [1.82, 2.24) is 0 Å². The van der Waals surface area contributed by atoms with E-state index >= 15 is 0 Å². The lowest BCUT2D eigenvalue weighted by atomic mass is 10.1. The average molecular weight is 166 g/mol. The lowest BCUT2D eigenvalue weighted by Gasteiger charge is -2.12. The lowest BCUT2D eigenvalue weighted by molar-refractivity contribution is -0.144. The summed E-state index contributed by atoms with van der Waals surface area (Å²) >= 11 is 0. The number of hydrogen-bond donors (Lipinski definition) is 0. The lowest BCUT2D eigenvalue weighted by Crippen LogP contribution is -2.13. The highest BCUT2D eigenvalue weighted by atomic mass is 16.5.